The van der Waals surface area contributed by atoms with Gasteiger partial charge in [0, 0.05) is 5.57 Å². The summed E-state index contributed by atoms with van der Waals surface area (Å²) in [6.07, 6.45) is 6.52. The zero-order valence-electron chi connectivity index (χ0n) is 11.9. The van der Waals surface area contributed by atoms with Gasteiger partial charge in [0.25, 0.3) is 0 Å². The van der Waals surface area contributed by atoms with Gasteiger partial charge in [0.05, 0.1) is 5.25 Å². The Bertz CT molecular complexity index is 385. The lowest BCUT2D eigenvalue weighted by Gasteiger charge is -2.26. The van der Waals surface area contributed by atoms with Crippen LogP contribution in [0.15, 0.2) is 12.2 Å². The summed E-state index contributed by atoms with van der Waals surface area (Å²) in [7, 11) is 0. The molecule has 112 valence electrons. The molecular formula is C15H22O3S2. The number of ether oxygens (including phenoxy) is 2. The van der Waals surface area contributed by atoms with Gasteiger partial charge in [-0.2, -0.15) is 0 Å². The number of carbonyl (C=O) groups excluding carboxylic acids is 1. The first-order valence-electron chi connectivity index (χ1n) is 7.26. The van der Waals surface area contributed by atoms with E-state index in [1.54, 1.807) is 18.7 Å². The SMILES string of the molecule is C=C(C)C(=O)OC1CCCC(C2COC(=S)S2)CCC1. The molecule has 1 heterocycles. The lowest BCUT2D eigenvalue weighted by Crippen LogP contribution is -2.24. The summed E-state index contributed by atoms with van der Waals surface area (Å²) in [6.45, 7) is 6.09. The molecule has 0 aromatic rings. The van der Waals surface area contributed by atoms with Crippen molar-refractivity contribution in [1.82, 2.24) is 0 Å². The van der Waals surface area contributed by atoms with E-state index in [1.165, 1.54) is 12.8 Å². The number of hydrogen-bond donors (Lipinski definition) is 0. The number of thioether (sulfide) groups is 1. The van der Waals surface area contributed by atoms with Crippen LogP contribution in [0.2, 0.25) is 0 Å². The van der Waals surface area contributed by atoms with Crippen LogP contribution in [0.1, 0.15) is 45.4 Å². The number of rotatable bonds is 3. The molecule has 1 aliphatic heterocycles. The molecule has 0 aromatic carbocycles. The third-order valence-corrected chi connectivity index (χ3v) is 5.50. The molecule has 1 unspecified atom stereocenters. The van der Waals surface area contributed by atoms with Crippen LogP contribution in [-0.2, 0) is 14.3 Å². The second-order valence-electron chi connectivity index (χ2n) is 5.65. The Morgan fingerprint density at radius 2 is 2.00 bits per heavy atom. The average Bonchev–Trinajstić information content (AvgIpc) is 2.78. The molecular weight excluding hydrogens is 292 g/mol. The lowest BCUT2D eigenvalue weighted by atomic mass is 9.88. The Kier molecular flexibility index (Phi) is 5.90. The van der Waals surface area contributed by atoms with E-state index in [0.717, 1.165) is 32.3 Å². The van der Waals surface area contributed by atoms with Gasteiger partial charge >= 0.3 is 5.97 Å². The minimum atomic E-state index is -0.253. The maximum atomic E-state index is 11.6. The summed E-state index contributed by atoms with van der Waals surface area (Å²) in [4.78, 5) is 11.6. The van der Waals surface area contributed by atoms with Crippen molar-refractivity contribution in [2.45, 2.75) is 56.8 Å². The van der Waals surface area contributed by atoms with E-state index in [4.69, 9.17) is 21.7 Å². The van der Waals surface area contributed by atoms with E-state index in [9.17, 15) is 4.79 Å². The Morgan fingerprint density at radius 1 is 1.35 bits per heavy atom. The molecule has 1 saturated heterocycles. The summed E-state index contributed by atoms with van der Waals surface area (Å²) in [5.41, 5.74) is 0.484. The molecule has 0 radical (unpaired) electrons. The smallest absolute Gasteiger partial charge is 0.333 e. The van der Waals surface area contributed by atoms with Crippen LogP contribution in [0, 0.1) is 5.92 Å². The highest BCUT2D eigenvalue weighted by atomic mass is 32.2. The fourth-order valence-electron chi connectivity index (χ4n) is 2.82. The summed E-state index contributed by atoms with van der Waals surface area (Å²) >= 11 is 6.81. The highest BCUT2D eigenvalue weighted by molar-refractivity contribution is 8.23. The third kappa shape index (κ3) is 4.48. The largest absolute Gasteiger partial charge is 0.477 e. The van der Waals surface area contributed by atoms with Gasteiger partial charge in [-0.05, 0) is 63.6 Å². The van der Waals surface area contributed by atoms with Gasteiger partial charge in [0.1, 0.15) is 12.7 Å². The molecule has 2 rings (SSSR count). The molecule has 2 fully saturated rings. The number of hydrogen-bond acceptors (Lipinski definition) is 5. The highest BCUT2D eigenvalue weighted by Gasteiger charge is 2.31. The van der Waals surface area contributed by atoms with Crippen molar-refractivity contribution in [2.24, 2.45) is 5.92 Å². The fraction of sp³-hybridized carbons (Fsp3) is 0.733. The van der Waals surface area contributed by atoms with Crippen LogP contribution >= 0.6 is 24.0 Å². The zero-order chi connectivity index (χ0) is 14.5. The van der Waals surface area contributed by atoms with Crippen LogP contribution in [-0.4, -0.2) is 28.3 Å². The Hall–Kier alpha value is -0.550. The van der Waals surface area contributed by atoms with Crippen molar-refractivity contribution in [3.63, 3.8) is 0 Å². The van der Waals surface area contributed by atoms with E-state index in [-0.39, 0.29) is 12.1 Å². The third-order valence-electron chi connectivity index (χ3n) is 3.96. The first-order valence-corrected chi connectivity index (χ1v) is 8.55. The summed E-state index contributed by atoms with van der Waals surface area (Å²) < 4.78 is 11.6. The molecule has 2 aliphatic rings. The van der Waals surface area contributed by atoms with E-state index < -0.39 is 0 Å². The van der Waals surface area contributed by atoms with Crippen LogP contribution in [0.25, 0.3) is 0 Å². The number of esters is 1. The first kappa shape index (κ1) is 15.8. The quantitative estimate of drug-likeness (QED) is 0.449. The molecule has 20 heavy (non-hydrogen) atoms. The van der Waals surface area contributed by atoms with Crippen LogP contribution in [0.5, 0.6) is 0 Å². The second kappa shape index (κ2) is 7.46. The van der Waals surface area contributed by atoms with E-state index in [1.807, 2.05) is 0 Å². The molecule has 1 aliphatic carbocycles. The molecule has 0 spiro atoms. The molecule has 1 saturated carbocycles. The summed E-state index contributed by atoms with van der Waals surface area (Å²) in [5.74, 6) is 0.426. The molecule has 0 N–H and O–H groups in total. The molecule has 5 heteroatoms. The maximum absolute atomic E-state index is 11.6. The van der Waals surface area contributed by atoms with Crippen molar-refractivity contribution in [1.29, 1.82) is 0 Å². The van der Waals surface area contributed by atoms with Crippen molar-refractivity contribution in [2.75, 3.05) is 6.61 Å². The van der Waals surface area contributed by atoms with Gasteiger partial charge in [-0.25, -0.2) is 4.79 Å². The molecule has 3 nitrogen and oxygen atoms in total. The average molecular weight is 314 g/mol. The minimum Gasteiger partial charge on any atom is -0.477 e. The predicted molar refractivity (Wildman–Crippen MR) is 85.8 cm³/mol. The van der Waals surface area contributed by atoms with Gasteiger partial charge in [0.2, 0.25) is 4.38 Å². The van der Waals surface area contributed by atoms with Crippen molar-refractivity contribution in [3.05, 3.63) is 12.2 Å². The van der Waals surface area contributed by atoms with Crippen molar-refractivity contribution >= 4 is 34.3 Å². The molecule has 0 aromatic heterocycles. The molecule has 0 amide bonds. The Balaban J connectivity index is 1.78. The van der Waals surface area contributed by atoms with Gasteiger partial charge in [-0.15, -0.1) is 0 Å². The Labute approximate surface area is 130 Å². The maximum Gasteiger partial charge on any atom is 0.333 e. The summed E-state index contributed by atoms with van der Waals surface area (Å²) in [6, 6.07) is 0. The summed E-state index contributed by atoms with van der Waals surface area (Å²) in [5, 5.41) is 0.525. The van der Waals surface area contributed by atoms with Gasteiger partial charge in [-0.1, -0.05) is 18.3 Å². The topological polar surface area (TPSA) is 35.5 Å². The second-order valence-corrected chi connectivity index (χ2v) is 7.49. The van der Waals surface area contributed by atoms with Crippen LogP contribution in [0.3, 0.4) is 0 Å². The van der Waals surface area contributed by atoms with Crippen molar-refractivity contribution < 1.29 is 14.3 Å². The number of carbonyl (C=O) groups is 1. The van der Waals surface area contributed by atoms with Crippen LogP contribution < -0.4 is 0 Å². The standard InChI is InChI=1S/C15H22O3S2/c1-10(2)14(16)18-12-7-3-5-11(6-4-8-12)13-9-17-15(19)20-13/h11-13H,1,3-9H2,2H3. The minimum absolute atomic E-state index is 0.0636. The van der Waals surface area contributed by atoms with E-state index in [0.29, 0.717) is 21.1 Å². The van der Waals surface area contributed by atoms with Gasteiger partial charge < -0.3 is 9.47 Å². The van der Waals surface area contributed by atoms with Gasteiger partial charge in [0.15, 0.2) is 0 Å². The fourth-order valence-corrected chi connectivity index (χ4v) is 4.24. The normalized spacial score (nSPS) is 31.1. The predicted octanol–water partition coefficient (Wildman–Crippen LogP) is 3.86. The number of thiocarbonyl (C=S) groups is 1. The van der Waals surface area contributed by atoms with E-state index >= 15 is 0 Å². The Morgan fingerprint density at radius 3 is 2.50 bits per heavy atom. The molecule has 0 bridgehead atoms. The lowest BCUT2D eigenvalue weighted by molar-refractivity contribution is -0.145. The van der Waals surface area contributed by atoms with Crippen LogP contribution in [0.4, 0.5) is 0 Å². The molecule has 1 atom stereocenters. The zero-order valence-corrected chi connectivity index (χ0v) is 13.6. The van der Waals surface area contributed by atoms with Gasteiger partial charge in [-0.3, -0.25) is 0 Å². The van der Waals surface area contributed by atoms with E-state index in [2.05, 4.69) is 6.58 Å². The highest BCUT2D eigenvalue weighted by Crippen LogP contribution is 2.36. The van der Waals surface area contributed by atoms with Crippen molar-refractivity contribution in [3.8, 4) is 0 Å². The monoisotopic (exact) mass is 314 g/mol. The first-order chi connectivity index (χ1) is 9.56.